The Hall–Kier alpha value is -3.63. The van der Waals surface area contributed by atoms with Crippen molar-refractivity contribution in [3.8, 4) is 16.8 Å². The van der Waals surface area contributed by atoms with E-state index in [1.807, 2.05) is 30.3 Å². The average Bonchev–Trinajstić information content (AvgIpc) is 3.12. The van der Waals surface area contributed by atoms with Crippen LogP contribution in [0.5, 0.6) is 0 Å². The molecule has 0 aliphatic carbocycles. The van der Waals surface area contributed by atoms with Gasteiger partial charge in [-0.1, -0.05) is 18.2 Å². The summed E-state index contributed by atoms with van der Waals surface area (Å²) >= 11 is 1.46. The Morgan fingerprint density at radius 3 is 2.77 bits per heavy atom. The number of amides is 1. The van der Waals surface area contributed by atoms with Gasteiger partial charge in [0.05, 0.1) is 21.8 Å². The molecule has 0 unspecified atom stereocenters. The molecule has 0 radical (unpaired) electrons. The van der Waals surface area contributed by atoms with Gasteiger partial charge in [-0.15, -0.1) is 11.3 Å². The van der Waals surface area contributed by atoms with Crippen molar-refractivity contribution in [3.05, 3.63) is 72.2 Å². The number of hydrogen-bond acceptors (Lipinski definition) is 6. The second kappa shape index (κ2) is 6.70. The van der Waals surface area contributed by atoms with E-state index in [9.17, 15) is 4.79 Å². The van der Waals surface area contributed by atoms with E-state index < -0.39 is 5.91 Å². The zero-order chi connectivity index (χ0) is 17.9. The van der Waals surface area contributed by atoms with Crippen LogP contribution in [0.4, 0.5) is 5.69 Å². The molecule has 6 nitrogen and oxygen atoms in total. The predicted molar refractivity (Wildman–Crippen MR) is 99.8 cm³/mol. The van der Waals surface area contributed by atoms with E-state index in [4.69, 9.17) is 5.26 Å². The summed E-state index contributed by atoms with van der Waals surface area (Å²) in [5.41, 5.74) is 2.46. The Kier molecular flexibility index (Phi) is 4.09. The zero-order valence-corrected chi connectivity index (χ0v) is 14.2. The van der Waals surface area contributed by atoms with Gasteiger partial charge in [0.15, 0.2) is 5.69 Å². The molecule has 1 N–H and O–H groups in total. The monoisotopic (exact) mass is 357 g/mol. The van der Waals surface area contributed by atoms with E-state index in [0.29, 0.717) is 22.0 Å². The number of aromatic nitrogens is 3. The molecule has 7 heteroatoms. The molecule has 0 bridgehead atoms. The molecule has 4 rings (SSSR count). The number of carbonyl (C=O) groups excluding carboxylic acids is 1. The fourth-order valence-corrected chi connectivity index (χ4v) is 3.45. The Morgan fingerprint density at radius 1 is 1.08 bits per heavy atom. The third-order valence-electron chi connectivity index (χ3n) is 3.66. The first-order valence-electron chi connectivity index (χ1n) is 7.73. The molecule has 4 aromatic rings. The zero-order valence-electron chi connectivity index (χ0n) is 13.4. The molecular formula is C19H11N5OS. The van der Waals surface area contributed by atoms with Crippen molar-refractivity contribution >= 4 is 33.1 Å². The van der Waals surface area contributed by atoms with E-state index in [1.54, 1.807) is 24.3 Å². The lowest BCUT2D eigenvalue weighted by Gasteiger charge is -2.07. The van der Waals surface area contributed by atoms with E-state index >= 15 is 0 Å². The van der Waals surface area contributed by atoms with Gasteiger partial charge in [0.25, 0.3) is 5.91 Å². The van der Waals surface area contributed by atoms with Gasteiger partial charge < -0.3 is 5.32 Å². The molecule has 0 saturated heterocycles. The number of carbonyl (C=O) groups is 1. The molecule has 0 aliphatic heterocycles. The van der Waals surface area contributed by atoms with Crippen LogP contribution in [0.3, 0.4) is 0 Å². The molecule has 2 aromatic heterocycles. The summed E-state index contributed by atoms with van der Waals surface area (Å²) in [4.78, 5) is 25.8. The first-order chi connectivity index (χ1) is 12.7. The van der Waals surface area contributed by atoms with E-state index in [-0.39, 0.29) is 5.69 Å². The molecule has 0 aliphatic rings. The number of rotatable bonds is 3. The van der Waals surface area contributed by atoms with Crippen LogP contribution >= 0.6 is 11.3 Å². The normalized spacial score (nSPS) is 10.4. The topological polar surface area (TPSA) is 91.6 Å². The van der Waals surface area contributed by atoms with Gasteiger partial charge in [-0.05, 0) is 30.3 Å². The quantitative estimate of drug-likeness (QED) is 0.601. The second-order valence-corrected chi connectivity index (χ2v) is 6.42. The lowest BCUT2D eigenvalue weighted by atomic mass is 10.2. The highest BCUT2D eigenvalue weighted by atomic mass is 32.1. The number of benzene rings is 2. The first kappa shape index (κ1) is 15.9. The summed E-state index contributed by atoms with van der Waals surface area (Å²) in [7, 11) is 0. The van der Waals surface area contributed by atoms with Crippen LogP contribution in [0.2, 0.25) is 0 Å². The van der Waals surface area contributed by atoms with Crippen molar-refractivity contribution in [2.24, 2.45) is 0 Å². The van der Waals surface area contributed by atoms with Crippen molar-refractivity contribution in [2.45, 2.75) is 0 Å². The van der Waals surface area contributed by atoms with Gasteiger partial charge in [0, 0.05) is 18.1 Å². The van der Waals surface area contributed by atoms with Crippen molar-refractivity contribution in [2.75, 3.05) is 5.32 Å². The Bertz CT molecular complexity index is 1130. The molecule has 2 heterocycles. The highest BCUT2D eigenvalue weighted by molar-refractivity contribution is 7.21. The van der Waals surface area contributed by atoms with E-state index in [1.165, 1.54) is 23.7 Å². The predicted octanol–water partition coefficient (Wildman–Crippen LogP) is 3.88. The molecule has 0 saturated carbocycles. The lowest BCUT2D eigenvalue weighted by molar-refractivity contribution is 0.102. The standard InChI is InChI=1S/C19H11N5OS/c20-11-12-4-3-5-13(10-12)23-18(25)16-17(22-9-8-21-16)19-24-14-6-1-2-7-15(14)26-19/h1-10H,(H,23,25). The summed E-state index contributed by atoms with van der Waals surface area (Å²) in [6, 6.07) is 16.5. The number of para-hydroxylation sites is 1. The summed E-state index contributed by atoms with van der Waals surface area (Å²) in [6.07, 6.45) is 3.01. The minimum atomic E-state index is -0.401. The number of thiazole rings is 1. The Balaban J connectivity index is 1.71. The van der Waals surface area contributed by atoms with Crippen LogP contribution in [-0.4, -0.2) is 20.9 Å². The van der Waals surface area contributed by atoms with Gasteiger partial charge in [-0.3, -0.25) is 4.79 Å². The highest BCUT2D eigenvalue weighted by Crippen LogP contribution is 2.30. The summed E-state index contributed by atoms with van der Waals surface area (Å²) in [5, 5.41) is 12.4. The molecule has 0 spiro atoms. The van der Waals surface area contributed by atoms with Crippen molar-refractivity contribution < 1.29 is 4.79 Å². The van der Waals surface area contributed by atoms with Crippen molar-refractivity contribution in [1.29, 1.82) is 5.26 Å². The summed E-state index contributed by atoms with van der Waals surface area (Å²) in [5.74, 6) is -0.401. The van der Waals surface area contributed by atoms with Crippen LogP contribution in [0.15, 0.2) is 60.9 Å². The minimum Gasteiger partial charge on any atom is -0.321 e. The Morgan fingerprint density at radius 2 is 1.92 bits per heavy atom. The molecule has 0 atom stereocenters. The highest BCUT2D eigenvalue weighted by Gasteiger charge is 2.19. The number of nitriles is 1. The molecule has 124 valence electrons. The van der Waals surface area contributed by atoms with E-state index in [0.717, 1.165) is 10.2 Å². The van der Waals surface area contributed by atoms with Crippen LogP contribution in [0, 0.1) is 11.3 Å². The van der Waals surface area contributed by atoms with Crippen LogP contribution < -0.4 is 5.32 Å². The summed E-state index contributed by atoms with van der Waals surface area (Å²) < 4.78 is 1.02. The van der Waals surface area contributed by atoms with Crippen molar-refractivity contribution in [1.82, 2.24) is 15.0 Å². The number of nitrogens with zero attached hydrogens (tertiary/aromatic N) is 4. The van der Waals surface area contributed by atoms with E-state index in [2.05, 4.69) is 20.3 Å². The van der Waals surface area contributed by atoms with Crippen LogP contribution in [0.1, 0.15) is 16.1 Å². The molecule has 0 fully saturated rings. The fraction of sp³-hybridized carbons (Fsp3) is 0. The van der Waals surface area contributed by atoms with Crippen LogP contribution in [0.25, 0.3) is 20.9 Å². The number of fused-ring (bicyclic) bond motifs is 1. The molecular weight excluding hydrogens is 346 g/mol. The average molecular weight is 357 g/mol. The lowest BCUT2D eigenvalue weighted by Crippen LogP contribution is -2.15. The second-order valence-electron chi connectivity index (χ2n) is 5.39. The largest absolute Gasteiger partial charge is 0.321 e. The Labute approximate surface area is 152 Å². The molecule has 26 heavy (non-hydrogen) atoms. The summed E-state index contributed by atoms with van der Waals surface area (Å²) in [6.45, 7) is 0. The maximum Gasteiger partial charge on any atom is 0.276 e. The smallest absolute Gasteiger partial charge is 0.276 e. The SMILES string of the molecule is N#Cc1cccc(NC(=O)c2nccnc2-c2nc3ccccc3s2)c1. The third-order valence-corrected chi connectivity index (χ3v) is 4.70. The maximum absolute atomic E-state index is 12.7. The van der Waals surface area contributed by atoms with Crippen LogP contribution in [-0.2, 0) is 0 Å². The molecule has 2 aromatic carbocycles. The first-order valence-corrected chi connectivity index (χ1v) is 8.55. The van der Waals surface area contributed by atoms with Crippen molar-refractivity contribution in [3.63, 3.8) is 0 Å². The fourth-order valence-electron chi connectivity index (χ4n) is 2.49. The maximum atomic E-state index is 12.7. The minimum absolute atomic E-state index is 0.189. The number of nitrogens with one attached hydrogen (secondary N) is 1. The number of hydrogen-bond donors (Lipinski definition) is 1. The van der Waals surface area contributed by atoms with Gasteiger partial charge in [-0.2, -0.15) is 5.26 Å². The van der Waals surface area contributed by atoms with Gasteiger partial charge in [0.1, 0.15) is 10.7 Å². The van der Waals surface area contributed by atoms with Gasteiger partial charge >= 0.3 is 0 Å². The molecule has 1 amide bonds. The number of anilines is 1. The van der Waals surface area contributed by atoms with Gasteiger partial charge in [0.2, 0.25) is 0 Å². The van der Waals surface area contributed by atoms with Gasteiger partial charge in [-0.25, -0.2) is 15.0 Å². The third kappa shape index (κ3) is 3.01.